The number of benzene rings is 2. The van der Waals surface area contributed by atoms with Gasteiger partial charge in [0.05, 0.1) is 49.2 Å². The quantitative estimate of drug-likeness (QED) is 0.310. The number of nitriles is 1. The Morgan fingerprint density at radius 2 is 2.22 bits per heavy atom. The number of carbonyl (C=O) groups is 1. The van der Waals surface area contributed by atoms with Crippen molar-refractivity contribution in [1.82, 2.24) is 4.98 Å². The molecule has 188 valence electrons. The smallest absolute Gasteiger partial charge is 0.238 e. The summed E-state index contributed by atoms with van der Waals surface area (Å²) < 4.78 is 31.0. The van der Waals surface area contributed by atoms with Crippen LogP contribution in [0, 0.1) is 17.1 Å². The Bertz CT molecular complexity index is 1390. The van der Waals surface area contributed by atoms with Crippen LogP contribution < -0.4 is 15.4 Å². The van der Waals surface area contributed by atoms with E-state index in [1.165, 1.54) is 30.5 Å². The van der Waals surface area contributed by atoms with E-state index >= 15 is 0 Å². The number of rotatable bonds is 8. The van der Waals surface area contributed by atoms with Gasteiger partial charge in [-0.15, -0.1) is 0 Å². The number of hydrogen-bond acceptors (Lipinski definition) is 9. The molecule has 3 atom stereocenters. The van der Waals surface area contributed by atoms with Gasteiger partial charge in [-0.1, -0.05) is 11.6 Å². The van der Waals surface area contributed by atoms with Crippen molar-refractivity contribution in [2.24, 2.45) is 0 Å². The number of aliphatic hydroxyl groups is 2. The van der Waals surface area contributed by atoms with Gasteiger partial charge >= 0.3 is 0 Å². The molecule has 3 unspecified atom stereocenters. The number of aliphatic hydroxyl groups excluding tert-OH is 2. The lowest BCUT2D eigenvalue weighted by Gasteiger charge is -2.18. The fraction of sp³-hybridized carbons (Fsp3) is 0.261. The first-order valence-electron chi connectivity index (χ1n) is 10.7. The van der Waals surface area contributed by atoms with Crippen LogP contribution in [0.15, 0.2) is 36.5 Å². The maximum absolute atomic E-state index is 13.6. The molecule has 4 N–H and O–H groups in total. The number of anilines is 3. The highest BCUT2D eigenvalue weighted by Crippen LogP contribution is 2.37. The highest BCUT2D eigenvalue weighted by atomic mass is 35.5. The molecule has 0 saturated carbocycles. The molecule has 0 bridgehead atoms. The molecule has 9 nitrogen and oxygen atoms in total. The predicted octanol–water partition coefficient (Wildman–Crippen LogP) is 3.48. The molecule has 3 aromatic rings. The number of nitrogens with one attached hydrogen (secondary N) is 2. The van der Waals surface area contributed by atoms with E-state index in [0.717, 1.165) is 10.8 Å². The Kier molecular flexibility index (Phi) is 8.28. The summed E-state index contributed by atoms with van der Waals surface area (Å²) in [5, 5.41) is 34.2. The van der Waals surface area contributed by atoms with Crippen molar-refractivity contribution in [3.63, 3.8) is 0 Å². The van der Waals surface area contributed by atoms with Crippen LogP contribution in [0.5, 0.6) is 5.75 Å². The minimum absolute atomic E-state index is 0.102. The van der Waals surface area contributed by atoms with Gasteiger partial charge in [-0.3, -0.25) is 9.78 Å². The molecule has 1 saturated heterocycles. The molecule has 36 heavy (non-hydrogen) atoms. The molecular weight excluding hydrogens is 531 g/mol. The van der Waals surface area contributed by atoms with Crippen LogP contribution in [-0.4, -0.2) is 55.6 Å². The maximum Gasteiger partial charge on any atom is 0.238 e. The lowest BCUT2D eigenvalue weighted by atomic mass is 10.1. The first kappa shape index (κ1) is 26.1. The summed E-state index contributed by atoms with van der Waals surface area (Å²) in [5.41, 5.74) is 1.58. The molecule has 2 aromatic carbocycles. The normalized spacial score (nSPS) is 18.0. The number of hydrogen-bond donors (Lipinski definition) is 4. The number of ether oxygens (including phenoxy) is 1. The van der Waals surface area contributed by atoms with Crippen LogP contribution in [0.25, 0.3) is 10.9 Å². The van der Waals surface area contributed by atoms with E-state index in [4.69, 9.17) is 21.4 Å². The lowest BCUT2D eigenvalue weighted by Crippen LogP contribution is -2.25. The van der Waals surface area contributed by atoms with Gasteiger partial charge in [0.1, 0.15) is 30.3 Å². The number of pyridine rings is 1. The van der Waals surface area contributed by atoms with Crippen molar-refractivity contribution in [3.8, 4) is 11.8 Å². The van der Waals surface area contributed by atoms with Crippen LogP contribution >= 0.6 is 22.4 Å². The van der Waals surface area contributed by atoms with Crippen LogP contribution in [0.2, 0.25) is 5.02 Å². The van der Waals surface area contributed by atoms with Crippen LogP contribution in [0.1, 0.15) is 12.0 Å². The van der Waals surface area contributed by atoms with Gasteiger partial charge in [0, 0.05) is 29.1 Å². The Balaban J connectivity index is 1.78. The Morgan fingerprint density at radius 3 is 2.89 bits per heavy atom. The van der Waals surface area contributed by atoms with Gasteiger partial charge < -0.3 is 25.6 Å². The van der Waals surface area contributed by atoms with Gasteiger partial charge in [0.25, 0.3) is 0 Å². The molecule has 1 aromatic heterocycles. The molecule has 0 spiro atoms. The summed E-state index contributed by atoms with van der Waals surface area (Å²) in [7, 11) is -0.0610. The maximum atomic E-state index is 13.6. The van der Waals surface area contributed by atoms with Gasteiger partial charge in [0.15, 0.2) is 0 Å². The highest BCUT2D eigenvalue weighted by Gasteiger charge is 2.29. The van der Waals surface area contributed by atoms with Crippen LogP contribution in [0.4, 0.5) is 21.5 Å². The van der Waals surface area contributed by atoms with Crippen LogP contribution in [-0.2, 0) is 14.6 Å². The first-order chi connectivity index (χ1) is 17.3. The zero-order valence-electron chi connectivity index (χ0n) is 18.5. The predicted molar refractivity (Wildman–Crippen MR) is 137 cm³/mol. The third kappa shape index (κ3) is 5.88. The average molecular weight is 551 g/mol. The molecule has 0 aliphatic carbocycles. The number of halogens is 2. The minimum atomic E-state index is -1.15. The van der Waals surface area contributed by atoms with E-state index in [1.807, 2.05) is 0 Å². The largest absolute Gasteiger partial charge is 0.489 e. The van der Waals surface area contributed by atoms with Crippen molar-refractivity contribution >= 4 is 66.1 Å². The van der Waals surface area contributed by atoms with Crippen molar-refractivity contribution in [1.29, 1.82) is 5.26 Å². The summed E-state index contributed by atoms with van der Waals surface area (Å²) >= 11 is 5.90. The molecule has 1 amide bonds. The second-order valence-electron chi connectivity index (χ2n) is 7.80. The lowest BCUT2D eigenvalue weighted by molar-refractivity contribution is -0.115. The monoisotopic (exact) mass is 550 g/mol. The van der Waals surface area contributed by atoms with E-state index in [2.05, 4.69) is 21.7 Å². The molecular formula is C23H20ClFN4O5S2. The SMILES string of the molecule is N#Cc1cnc2cc(OCC(O)CO)c(NC(=O)C3CCS(=O)S3)cc2c1Nc1ccc(F)c(Cl)c1. The zero-order chi connectivity index (χ0) is 25.8. The molecule has 0 radical (unpaired) electrons. The molecule has 1 aliphatic heterocycles. The van der Waals surface area contributed by atoms with Gasteiger partial charge in [-0.25, -0.2) is 8.60 Å². The van der Waals surface area contributed by atoms with Gasteiger partial charge in [0.2, 0.25) is 5.91 Å². The van der Waals surface area contributed by atoms with Gasteiger partial charge in [-0.2, -0.15) is 5.26 Å². The third-order valence-electron chi connectivity index (χ3n) is 5.24. The minimum Gasteiger partial charge on any atom is -0.489 e. The summed E-state index contributed by atoms with van der Waals surface area (Å²) in [4.78, 5) is 17.2. The molecule has 13 heteroatoms. The zero-order valence-corrected chi connectivity index (χ0v) is 20.9. The Hall–Kier alpha value is -2.95. The second kappa shape index (κ2) is 11.4. The second-order valence-corrected chi connectivity index (χ2v) is 11.7. The molecule has 4 rings (SSSR count). The molecule has 1 fully saturated rings. The van der Waals surface area contributed by atoms with Gasteiger partial charge in [-0.05, 0) is 41.5 Å². The van der Waals surface area contributed by atoms with E-state index in [0.29, 0.717) is 34.5 Å². The summed E-state index contributed by atoms with van der Waals surface area (Å²) in [6.07, 6.45) is 0.658. The van der Waals surface area contributed by atoms with E-state index in [9.17, 15) is 23.8 Å². The Morgan fingerprint density at radius 1 is 1.42 bits per heavy atom. The fourth-order valence-corrected chi connectivity index (χ4v) is 6.81. The van der Waals surface area contributed by atoms with Crippen molar-refractivity contribution < 1.29 is 28.3 Å². The highest BCUT2D eigenvalue weighted by molar-refractivity contribution is 8.70. The van der Waals surface area contributed by atoms with Crippen molar-refractivity contribution in [2.45, 2.75) is 17.8 Å². The topological polar surface area (TPSA) is 145 Å². The van der Waals surface area contributed by atoms with E-state index in [1.54, 1.807) is 6.07 Å². The summed E-state index contributed by atoms with van der Waals surface area (Å²) in [5.74, 6) is -0.372. The van der Waals surface area contributed by atoms with Crippen molar-refractivity contribution in [3.05, 3.63) is 52.9 Å². The number of nitrogens with zero attached hydrogens (tertiary/aromatic N) is 2. The van der Waals surface area contributed by atoms with Crippen LogP contribution in [0.3, 0.4) is 0 Å². The molecule has 1 aliphatic rings. The number of carbonyl (C=O) groups excluding carboxylic acids is 1. The summed E-state index contributed by atoms with van der Waals surface area (Å²) in [6, 6.07) is 9.17. The third-order valence-corrected chi connectivity index (χ3v) is 8.84. The van der Waals surface area contributed by atoms with Crippen molar-refractivity contribution in [2.75, 3.05) is 29.6 Å². The fourth-order valence-electron chi connectivity index (χ4n) is 3.43. The first-order valence-corrected chi connectivity index (χ1v) is 13.8. The average Bonchev–Trinajstić information content (AvgIpc) is 3.31. The summed E-state index contributed by atoms with van der Waals surface area (Å²) in [6.45, 7) is -0.763. The number of fused-ring (bicyclic) bond motifs is 1. The Labute approximate surface area is 216 Å². The standard InChI is InChI=1S/C23H20ClFN4O5S2/c24-16-5-13(1-2-17(16)25)28-22-12(8-26)9-27-18-7-20(34-11-14(31)10-30)19(6-15(18)22)29-23(32)21-3-4-36(33)35-21/h1-2,5-7,9,14,21,30-31H,3-4,10-11H2,(H,27,28)(H,29,32). The van der Waals surface area contributed by atoms with E-state index in [-0.39, 0.29) is 34.5 Å². The number of amides is 1. The number of aromatic nitrogens is 1. The molecule has 2 heterocycles. The van der Waals surface area contributed by atoms with E-state index < -0.39 is 33.6 Å².